The van der Waals surface area contributed by atoms with Crippen molar-refractivity contribution in [3.8, 4) is 0 Å². The van der Waals surface area contributed by atoms with E-state index in [1.165, 1.54) is 44.9 Å². The van der Waals surface area contributed by atoms with E-state index < -0.39 is 6.09 Å². The van der Waals surface area contributed by atoms with E-state index in [1.807, 2.05) is 0 Å². The molecular weight excluding hydrogens is 226 g/mol. The SMILES string of the molecule is CC/C=C\CCCCCCCCC[CH]NC(=O)O. The van der Waals surface area contributed by atoms with Gasteiger partial charge in [-0.3, -0.25) is 0 Å². The van der Waals surface area contributed by atoms with E-state index in [0.29, 0.717) is 0 Å². The van der Waals surface area contributed by atoms with Crippen molar-refractivity contribution < 1.29 is 9.90 Å². The molecule has 0 unspecified atom stereocenters. The van der Waals surface area contributed by atoms with Gasteiger partial charge in [-0.1, -0.05) is 57.6 Å². The summed E-state index contributed by atoms with van der Waals surface area (Å²) in [5, 5.41) is 10.6. The van der Waals surface area contributed by atoms with Crippen LogP contribution in [0.2, 0.25) is 0 Å². The lowest BCUT2D eigenvalue weighted by Crippen LogP contribution is -2.17. The Hall–Kier alpha value is -0.990. The van der Waals surface area contributed by atoms with Crippen molar-refractivity contribution in [1.29, 1.82) is 0 Å². The third-order valence-corrected chi connectivity index (χ3v) is 2.85. The van der Waals surface area contributed by atoms with Crippen LogP contribution in [0.5, 0.6) is 0 Å². The molecule has 0 spiro atoms. The first-order valence-corrected chi connectivity index (χ1v) is 7.23. The normalized spacial score (nSPS) is 10.9. The summed E-state index contributed by atoms with van der Waals surface area (Å²) in [4.78, 5) is 10.2. The quantitative estimate of drug-likeness (QED) is 0.384. The zero-order valence-corrected chi connectivity index (χ0v) is 11.7. The van der Waals surface area contributed by atoms with Gasteiger partial charge in [-0.05, 0) is 25.7 Å². The highest BCUT2D eigenvalue weighted by atomic mass is 16.4. The van der Waals surface area contributed by atoms with Crippen molar-refractivity contribution >= 4 is 6.09 Å². The molecule has 0 aromatic heterocycles. The first-order valence-electron chi connectivity index (χ1n) is 7.23. The van der Waals surface area contributed by atoms with E-state index in [0.717, 1.165) is 19.3 Å². The predicted octanol–water partition coefficient (Wildman–Crippen LogP) is 4.89. The fourth-order valence-electron chi connectivity index (χ4n) is 1.84. The lowest BCUT2D eigenvalue weighted by atomic mass is 10.1. The first kappa shape index (κ1) is 17.0. The van der Waals surface area contributed by atoms with Crippen LogP contribution in [0.25, 0.3) is 0 Å². The van der Waals surface area contributed by atoms with Gasteiger partial charge in [0, 0.05) is 0 Å². The summed E-state index contributed by atoms with van der Waals surface area (Å²) < 4.78 is 0. The number of unbranched alkanes of at least 4 members (excludes halogenated alkanes) is 8. The number of nitrogens with one attached hydrogen (secondary N) is 1. The van der Waals surface area contributed by atoms with Gasteiger partial charge in [0.2, 0.25) is 0 Å². The van der Waals surface area contributed by atoms with E-state index >= 15 is 0 Å². The fraction of sp³-hybridized carbons (Fsp3) is 0.733. The summed E-state index contributed by atoms with van der Waals surface area (Å²) in [6.07, 6.45) is 15.6. The maximum Gasteiger partial charge on any atom is 0.404 e. The summed E-state index contributed by atoms with van der Waals surface area (Å²) in [5.74, 6) is 0. The van der Waals surface area contributed by atoms with Crippen molar-refractivity contribution in [2.45, 2.75) is 71.1 Å². The molecule has 2 N–H and O–H groups in total. The lowest BCUT2D eigenvalue weighted by molar-refractivity contribution is 0.196. The van der Waals surface area contributed by atoms with Crippen LogP contribution in [0.15, 0.2) is 12.2 Å². The molecule has 3 heteroatoms. The molecule has 0 atom stereocenters. The van der Waals surface area contributed by atoms with Crippen LogP contribution in [0.3, 0.4) is 0 Å². The number of carbonyl (C=O) groups is 1. The average molecular weight is 254 g/mol. The van der Waals surface area contributed by atoms with Gasteiger partial charge in [0.1, 0.15) is 0 Å². The number of amides is 1. The minimum absolute atomic E-state index is 0.841. The number of rotatable bonds is 12. The number of allylic oxidation sites excluding steroid dienone is 2. The molecule has 0 saturated heterocycles. The molecule has 0 aliphatic carbocycles. The maximum atomic E-state index is 10.2. The summed E-state index contributed by atoms with van der Waals surface area (Å²) >= 11 is 0. The van der Waals surface area contributed by atoms with Crippen LogP contribution in [0.4, 0.5) is 4.79 Å². The van der Waals surface area contributed by atoms with Crippen molar-refractivity contribution in [2.24, 2.45) is 0 Å². The van der Waals surface area contributed by atoms with Gasteiger partial charge in [-0.2, -0.15) is 0 Å². The molecule has 0 bridgehead atoms. The Morgan fingerprint density at radius 3 is 2.06 bits per heavy atom. The average Bonchev–Trinajstić information content (AvgIpc) is 2.34. The van der Waals surface area contributed by atoms with Gasteiger partial charge in [0.05, 0.1) is 6.54 Å². The van der Waals surface area contributed by atoms with Crippen molar-refractivity contribution in [3.63, 3.8) is 0 Å². The predicted molar refractivity (Wildman–Crippen MR) is 76.4 cm³/mol. The number of hydrogen-bond donors (Lipinski definition) is 2. The molecule has 0 heterocycles. The van der Waals surface area contributed by atoms with Crippen molar-refractivity contribution in [2.75, 3.05) is 0 Å². The summed E-state index contributed by atoms with van der Waals surface area (Å²) in [5.41, 5.74) is 0. The number of hydrogen-bond acceptors (Lipinski definition) is 1. The van der Waals surface area contributed by atoms with E-state index in [-0.39, 0.29) is 0 Å². The Morgan fingerprint density at radius 1 is 0.944 bits per heavy atom. The Labute approximate surface area is 112 Å². The Morgan fingerprint density at radius 2 is 1.50 bits per heavy atom. The second-order valence-corrected chi connectivity index (χ2v) is 4.59. The molecule has 0 saturated carbocycles. The smallest absolute Gasteiger partial charge is 0.404 e. The zero-order chi connectivity index (χ0) is 13.5. The third-order valence-electron chi connectivity index (χ3n) is 2.85. The van der Waals surface area contributed by atoms with Gasteiger partial charge in [-0.15, -0.1) is 0 Å². The van der Waals surface area contributed by atoms with E-state index in [9.17, 15) is 4.79 Å². The van der Waals surface area contributed by atoms with Crippen LogP contribution < -0.4 is 5.32 Å². The number of carboxylic acid groups (broad SMARTS) is 1. The van der Waals surface area contributed by atoms with Crippen LogP contribution in [0.1, 0.15) is 71.1 Å². The van der Waals surface area contributed by atoms with Gasteiger partial charge >= 0.3 is 6.09 Å². The minimum Gasteiger partial charge on any atom is -0.465 e. The van der Waals surface area contributed by atoms with Gasteiger partial charge in [0.15, 0.2) is 0 Å². The fourth-order valence-corrected chi connectivity index (χ4v) is 1.84. The lowest BCUT2D eigenvalue weighted by Gasteiger charge is -2.02. The highest BCUT2D eigenvalue weighted by Crippen LogP contribution is 2.10. The molecule has 0 aromatic carbocycles. The molecular formula is C15H28NO2. The van der Waals surface area contributed by atoms with Gasteiger partial charge in [0.25, 0.3) is 0 Å². The topological polar surface area (TPSA) is 49.3 Å². The van der Waals surface area contributed by atoms with E-state index in [1.54, 1.807) is 6.54 Å². The third kappa shape index (κ3) is 15.0. The van der Waals surface area contributed by atoms with Crippen LogP contribution >= 0.6 is 0 Å². The summed E-state index contributed by atoms with van der Waals surface area (Å²) in [6, 6.07) is 0. The first-order chi connectivity index (χ1) is 8.77. The molecule has 0 aliphatic rings. The van der Waals surface area contributed by atoms with Crippen LogP contribution in [-0.2, 0) is 0 Å². The van der Waals surface area contributed by atoms with Crippen molar-refractivity contribution in [3.05, 3.63) is 18.7 Å². The highest BCUT2D eigenvalue weighted by molar-refractivity contribution is 5.65. The Bertz CT molecular complexity index is 215. The molecule has 1 radical (unpaired) electrons. The molecule has 18 heavy (non-hydrogen) atoms. The summed E-state index contributed by atoms with van der Waals surface area (Å²) in [7, 11) is 0. The van der Waals surface area contributed by atoms with Crippen molar-refractivity contribution in [1.82, 2.24) is 5.32 Å². The van der Waals surface area contributed by atoms with E-state index in [4.69, 9.17) is 5.11 Å². The molecule has 0 fully saturated rings. The minimum atomic E-state index is -0.966. The Kier molecular flexibility index (Phi) is 13.3. The van der Waals surface area contributed by atoms with Gasteiger partial charge < -0.3 is 10.4 Å². The zero-order valence-electron chi connectivity index (χ0n) is 11.7. The standard InChI is InChI=1S/C15H28NO2/c1-2-3-4-5-6-7-8-9-10-11-12-13-14-16-15(17)18/h3-4,14,16H,2,5-13H2,1H3,(H,17,18)/b4-3-. The monoisotopic (exact) mass is 254 g/mol. The molecule has 0 aliphatic heterocycles. The summed E-state index contributed by atoms with van der Waals surface area (Å²) in [6.45, 7) is 3.79. The molecule has 105 valence electrons. The Balaban J connectivity index is 2.99. The largest absolute Gasteiger partial charge is 0.465 e. The second-order valence-electron chi connectivity index (χ2n) is 4.59. The molecule has 0 rings (SSSR count). The molecule has 3 nitrogen and oxygen atoms in total. The molecule has 1 amide bonds. The second kappa shape index (κ2) is 14.1. The highest BCUT2D eigenvalue weighted by Gasteiger charge is 1.94. The van der Waals surface area contributed by atoms with Crippen LogP contribution in [0, 0.1) is 6.54 Å². The van der Waals surface area contributed by atoms with Crippen LogP contribution in [-0.4, -0.2) is 11.2 Å². The maximum absolute atomic E-state index is 10.2. The van der Waals surface area contributed by atoms with E-state index in [2.05, 4.69) is 24.4 Å². The molecule has 0 aromatic rings. The van der Waals surface area contributed by atoms with Gasteiger partial charge in [-0.25, -0.2) is 4.79 Å².